The van der Waals surface area contributed by atoms with Gasteiger partial charge in [-0.15, -0.1) is 0 Å². The van der Waals surface area contributed by atoms with Gasteiger partial charge in [-0.3, -0.25) is 0 Å². The second-order valence-corrected chi connectivity index (χ2v) is 7.06. The van der Waals surface area contributed by atoms with Crippen LogP contribution in [0, 0.1) is 5.82 Å². The SMILES string of the molecule is CCCc1cc(N2CCCC(NCC)C2)nc(-c2c(N)ccc(F)c2N)n1. The molecule has 0 amide bonds. The Bertz CT molecular complexity index is 792. The first-order chi connectivity index (χ1) is 13.0. The van der Waals surface area contributed by atoms with Crippen molar-refractivity contribution in [2.24, 2.45) is 0 Å². The lowest BCUT2D eigenvalue weighted by Crippen LogP contribution is -2.46. The minimum absolute atomic E-state index is 0.00114. The van der Waals surface area contributed by atoms with Gasteiger partial charge in [0, 0.05) is 36.6 Å². The maximum Gasteiger partial charge on any atom is 0.166 e. The van der Waals surface area contributed by atoms with Crippen LogP contribution in [0.5, 0.6) is 0 Å². The molecule has 1 aromatic carbocycles. The lowest BCUT2D eigenvalue weighted by molar-refractivity contribution is 0.429. The molecule has 6 nitrogen and oxygen atoms in total. The Kier molecular flexibility index (Phi) is 6.11. The van der Waals surface area contributed by atoms with Crippen molar-refractivity contribution in [3.05, 3.63) is 29.7 Å². The molecule has 0 saturated carbocycles. The zero-order valence-corrected chi connectivity index (χ0v) is 16.1. The van der Waals surface area contributed by atoms with Gasteiger partial charge in [-0.05, 0) is 37.9 Å². The molecule has 1 atom stereocenters. The average Bonchev–Trinajstić information content (AvgIpc) is 2.66. The number of nitrogens with zero attached hydrogens (tertiary/aromatic N) is 3. The lowest BCUT2D eigenvalue weighted by Gasteiger charge is -2.34. The fourth-order valence-corrected chi connectivity index (χ4v) is 3.64. The van der Waals surface area contributed by atoms with E-state index < -0.39 is 5.82 Å². The van der Waals surface area contributed by atoms with Gasteiger partial charge in [-0.1, -0.05) is 20.3 Å². The standard InChI is InChI=1S/C20H29FN6/c1-3-6-13-11-17(27-10-5-7-14(12-27)24-4-2)26-20(25-13)18-16(22)9-8-15(21)19(18)23/h8-9,11,14,24H,3-7,10,12,22-23H2,1-2H3. The molecular weight excluding hydrogens is 343 g/mol. The number of benzene rings is 1. The second-order valence-electron chi connectivity index (χ2n) is 7.06. The van der Waals surface area contributed by atoms with Crippen LogP contribution in [-0.2, 0) is 6.42 Å². The molecule has 7 heteroatoms. The van der Waals surface area contributed by atoms with Gasteiger partial charge in [0.1, 0.15) is 11.6 Å². The van der Waals surface area contributed by atoms with Crippen LogP contribution >= 0.6 is 0 Å². The predicted octanol–water partition coefficient (Wildman–Crippen LogP) is 2.98. The summed E-state index contributed by atoms with van der Waals surface area (Å²) in [5.74, 6) is 0.751. The Morgan fingerprint density at radius 1 is 1.26 bits per heavy atom. The Morgan fingerprint density at radius 3 is 2.81 bits per heavy atom. The van der Waals surface area contributed by atoms with Gasteiger partial charge in [0.15, 0.2) is 5.82 Å². The van der Waals surface area contributed by atoms with Gasteiger partial charge < -0.3 is 21.7 Å². The smallest absolute Gasteiger partial charge is 0.166 e. The number of likely N-dealkylation sites (N-methyl/N-ethyl adjacent to an activating group) is 1. The zero-order valence-electron chi connectivity index (χ0n) is 16.1. The number of aryl methyl sites for hydroxylation is 1. The molecule has 3 rings (SSSR count). The largest absolute Gasteiger partial charge is 0.398 e. The van der Waals surface area contributed by atoms with Crippen LogP contribution in [0.25, 0.3) is 11.4 Å². The van der Waals surface area contributed by atoms with Crippen LogP contribution in [0.2, 0.25) is 0 Å². The van der Waals surface area contributed by atoms with Crippen molar-refractivity contribution in [3.8, 4) is 11.4 Å². The van der Waals surface area contributed by atoms with Crippen molar-refractivity contribution in [2.75, 3.05) is 36.0 Å². The maximum absolute atomic E-state index is 14.0. The third kappa shape index (κ3) is 4.30. The molecule has 146 valence electrons. The first-order valence-electron chi connectivity index (χ1n) is 9.73. The number of hydrogen-bond acceptors (Lipinski definition) is 6. The van der Waals surface area contributed by atoms with Gasteiger partial charge >= 0.3 is 0 Å². The summed E-state index contributed by atoms with van der Waals surface area (Å²) in [6.45, 7) is 7.01. The first-order valence-corrected chi connectivity index (χ1v) is 9.73. The highest BCUT2D eigenvalue weighted by molar-refractivity contribution is 5.83. The third-order valence-electron chi connectivity index (χ3n) is 4.96. The molecule has 1 fully saturated rings. The Balaban J connectivity index is 2.02. The number of halogens is 1. The number of nitrogens with one attached hydrogen (secondary N) is 1. The number of nitrogens with two attached hydrogens (primary N) is 2. The van der Waals surface area contributed by atoms with Crippen LogP contribution in [0.15, 0.2) is 18.2 Å². The van der Waals surface area contributed by atoms with E-state index in [1.165, 1.54) is 12.1 Å². The van der Waals surface area contributed by atoms with Gasteiger partial charge in [-0.2, -0.15) is 0 Å². The average molecular weight is 372 g/mol. The Hall–Kier alpha value is -2.41. The summed E-state index contributed by atoms with van der Waals surface area (Å²) in [7, 11) is 0. The van der Waals surface area contributed by atoms with Crippen LogP contribution in [0.4, 0.5) is 21.6 Å². The molecule has 1 saturated heterocycles. The summed E-state index contributed by atoms with van der Waals surface area (Å²) in [5, 5.41) is 3.52. The number of piperidine rings is 1. The van der Waals surface area contributed by atoms with Crippen LogP contribution in [-0.4, -0.2) is 35.6 Å². The molecule has 0 bridgehead atoms. The van der Waals surface area contributed by atoms with E-state index in [0.29, 0.717) is 23.1 Å². The fourth-order valence-electron chi connectivity index (χ4n) is 3.64. The van der Waals surface area contributed by atoms with Crippen molar-refractivity contribution >= 4 is 17.2 Å². The van der Waals surface area contributed by atoms with Gasteiger partial charge in [-0.25, -0.2) is 14.4 Å². The zero-order chi connectivity index (χ0) is 19.4. The topological polar surface area (TPSA) is 93.1 Å². The monoisotopic (exact) mass is 372 g/mol. The van der Waals surface area contributed by atoms with Crippen molar-refractivity contribution in [1.82, 2.24) is 15.3 Å². The summed E-state index contributed by atoms with van der Waals surface area (Å²) in [6, 6.07) is 5.27. The molecule has 0 radical (unpaired) electrons. The minimum Gasteiger partial charge on any atom is -0.398 e. The number of rotatable bonds is 6. The number of nitrogen functional groups attached to an aromatic ring is 2. The molecule has 0 spiro atoms. The van der Waals surface area contributed by atoms with E-state index in [1.807, 2.05) is 6.07 Å². The van der Waals surface area contributed by atoms with E-state index in [9.17, 15) is 4.39 Å². The molecule has 1 aliphatic rings. The van der Waals surface area contributed by atoms with Crippen molar-refractivity contribution in [2.45, 2.75) is 45.6 Å². The molecule has 1 aromatic heterocycles. The summed E-state index contributed by atoms with van der Waals surface area (Å²) >= 11 is 0. The number of anilines is 3. The molecule has 5 N–H and O–H groups in total. The summed E-state index contributed by atoms with van der Waals surface area (Å²) in [6.07, 6.45) is 4.05. The Labute approximate surface area is 160 Å². The van der Waals surface area contributed by atoms with Gasteiger partial charge in [0.25, 0.3) is 0 Å². The van der Waals surface area contributed by atoms with E-state index in [4.69, 9.17) is 16.5 Å². The molecule has 2 aromatic rings. The van der Waals surface area contributed by atoms with E-state index >= 15 is 0 Å². The molecule has 1 aliphatic heterocycles. The molecule has 27 heavy (non-hydrogen) atoms. The lowest BCUT2D eigenvalue weighted by atomic mass is 10.1. The summed E-state index contributed by atoms with van der Waals surface area (Å²) < 4.78 is 14.0. The first kappa shape index (κ1) is 19.4. The Morgan fingerprint density at radius 2 is 2.07 bits per heavy atom. The van der Waals surface area contributed by atoms with E-state index in [1.54, 1.807) is 0 Å². The minimum atomic E-state index is -0.504. The number of hydrogen-bond donors (Lipinski definition) is 3. The van der Waals surface area contributed by atoms with E-state index in [2.05, 4.69) is 29.0 Å². The summed E-state index contributed by atoms with van der Waals surface area (Å²) in [4.78, 5) is 11.6. The van der Waals surface area contributed by atoms with E-state index in [-0.39, 0.29) is 5.69 Å². The van der Waals surface area contributed by atoms with Gasteiger partial charge in [0.2, 0.25) is 0 Å². The van der Waals surface area contributed by atoms with Crippen LogP contribution in [0.1, 0.15) is 38.8 Å². The highest BCUT2D eigenvalue weighted by atomic mass is 19.1. The van der Waals surface area contributed by atoms with Crippen molar-refractivity contribution < 1.29 is 4.39 Å². The quantitative estimate of drug-likeness (QED) is 0.675. The fraction of sp³-hybridized carbons (Fsp3) is 0.500. The van der Waals surface area contributed by atoms with Crippen LogP contribution < -0.4 is 21.7 Å². The van der Waals surface area contributed by atoms with Crippen LogP contribution in [0.3, 0.4) is 0 Å². The van der Waals surface area contributed by atoms with Crippen molar-refractivity contribution in [3.63, 3.8) is 0 Å². The van der Waals surface area contributed by atoms with Crippen molar-refractivity contribution in [1.29, 1.82) is 0 Å². The molecule has 0 aliphatic carbocycles. The maximum atomic E-state index is 14.0. The number of aromatic nitrogens is 2. The normalized spacial score (nSPS) is 17.3. The third-order valence-corrected chi connectivity index (χ3v) is 4.96. The highest BCUT2D eigenvalue weighted by Gasteiger charge is 2.22. The molecule has 1 unspecified atom stereocenters. The van der Waals surface area contributed by atoms with E-state index in [0.717, 1.165) is 56.8 Å². The second kappa shape index (κ2) is 8.52. The molecule has 2 heterocycles. The summed E-state index contributed by atoms with van der Waals surface area (Å²) in [5.41, 5.74) is 13.7. The predicted molar refractivity (Wildman–Crippen MR) is 109 cm³/mol. The van der Waals surface area contributed by atoms with Gasteiger partial charge in [0.05, 0.1) is 11.3 Å². The highest BCUT2D eigenvalue weighted by Crippen LogP contribution is 2.33. The molecular formula is C20H29FN6.